The Hall–Kier alpha value is -2.04. The maximum Gasteiger partial charge on any atom is 0.320 e. The summed E-state index contributed by atoms with van der Waals surface area (Å²) in [5, 5.41) is 1.37. The van der Waals surface area contributed by atoms with E-state index in [2.05, 4.69) is 0 Å². The van der Waals surface area contributed by atoms with Crippen LogP contribution in [0.2, 0.25) is 15.1 Å². The second kappa shape index (κ2) is 10.8. The summed E-state index contributed by atoms with van der Waals surface area (Å²) in [6.07, 6.45) is 1.17. The lowest BCUT2D eigenvalue weighted by Gasteiger charge is -2.35. The molecule has 36 heavy (non-hydrogen) atoms. The summed E-state index contributed by atoms with van der Waals surface area (Å²) in [6, 6.07) is 11.6. The van der Waals surface area contributed by atoms with Crippen LogP contribution in [0.4, 0.5) is 4.79 Å². The van der Waals surface area contributed by atoms with Crippen molar-refractivity contribution in [3.63, 3.8) is 0 Å². The van der Waals surface area contributed by atoms with E-state index >= 15 is 0 Å². The molecule has 0 spiro atoms. The molecule has 2 aromatic carbocycles. The predicted molar refractivity (Wildman–Crippen MR) is 141 cm³/mol. The Morgan fingerprint density at radius 3 is 2.11 bits per heavy atom. The third kappa shape index (κ3) is 5.75. The molecule has 0 N–H and O–H groups in total. The van der Waals surface area contributed by atoms with Gasteiger partial charge in [0.05, 0.1) is 22.3 Å². The van der Waals surface area contributed by atoms with E-state index in [1.54, 1.807) is 58.1 Å². The molecule has 4 rings (SSSR count). The van der Waals surface area contributed by atoms with Crippen molar-refractivity contribution in [3.8, 4) is 0 Å². The number of carbonyl (C=O) groups is 2. The number of sulfonamides is 1. The number of nitrogens with zero attached hydrogens (tertiary/aromatic N) is 4. The largest absolute Gasteiger partial charge is 0.336 e. The number of likely N-dealkylation sites (N-methyl/N-ethyl adjacent to an activating group) is 1. The minimum Gasteiger partial charge on any atom is -0.336 e. The zero-order chi connectivity index (χ0) is 26.2. The minimum absolute atomic E-state index is 0.178. The van der Waals surface area contributed by atoms with Gasteiger partial charge in [0.25, 0.3) is 5.91 Å². The maximum absolute atomic E-state index is 13.4. The van der Waals surface area contributed by atoms with Crippen LogP contribution >= 0.6 is 34.8 Å². The zero-order valence-corrected chi connectivity index (χ0v) is 23.0. The van der Waals surface area contributed by atoms with E-state index in [1.165, 1.54) is 10.6 Å². The Morgan fingerprint density at radius 2 is 1.53 bits per heavy atom. The number of likely N-dealkylation sites (tertiary alicyclic amines) is 1. The van der Waals surface area contributed by atoms with Crippen LogP contribution in [0.3, 0.4) is 0 Å². The third-order valence-electron chi connectivity index (χ3n) is 6.82. The van der Waals surface area contributed by atoms with Crippen LogP contribution < -0.4 is 0 Å². The van der Waals surface area contributed by atoms with Gasteiger partial charge in [-0.2, -0.15) is 4.31 Å². The van der Waals surface area contributed by atoms with Crippen molar-refractivity contribution >= 4 is 56.8 Å². The molecule has 2 atom stereocenters. The summed E-state index contributed by atoms with van der Waals surface area (Å²) in [6.45, 7) is 1.84. The Balaban J connectivity index is 1.56. The summed E-state index contributed by atoms with van der Waals surface area (Å²) in [7, 11) is -1.57. The molecular formula is C24H27Cl3N4O4S. The number of piperazine rings is 1. The van der Waals surface area contributed by atoms with Crippen molar-refractivity contribution in [1.29, 1.82) is 0 Å². The Bertz CT molecular complexity index is 1250. The highest BCUT2D eigenvalue weighted by molar-refractivity contribution is 7.88. The number of benzene rings is 2. The average molecular weight is 574 g/mol. The lowest BCUT2D eigenvalue weighted by Crippen LogP contribution is -2.53. The van der Waals surface area contributed by atoms with Gasteiger partial charge in [-0.25, -0.2) is 13.2 Å². The summed E-state index contributed by atoms with van der Waals surface area (Å²) in [5.74, 6) is -0.375. The lowest BCUT2D eigenvalue weighted by atomic mass is 9.93. The second-order valence-electron chi connectivity index (χ2n) is 9.11. The molecule has 194 valence electrons. The van der Waals surface area contributed by atoms with Crippen molar-refractivity contribution in [2.24, 2.45) is 0 Å². The van der Waals surface area contributed by atoms with Crippen molar-refractivity contribution in [2.45, 2.75) is 12.0 Å². The average Bonchev–Trinajstić information content (AvgIpc) is 3.30. The third-order valence-corrected chi connectivity index (χ3v) is 9.11. The fraction of sp³-hybridized carbons (Fsp3) is 0.417. The highest BCUT2D eigenvalue weighted by atomic mass is 35.5. The first-order valence-corrected chi connectivity index (χ1v) is 14.4. The summed E-state index contributed by atoms with van der Waals surface area (Å²) >= 11 is 18.4. The second-order valence-corrected chi connectivity index (χ2v) is 12.3. The molecule has 2 saturated heterocycles. The molecule has 0 bridgehead atoms. The Kier molecular flexibility index (Phi) is 8.07. The van der Waals surface area contributed by atoms with Crippen LogP contribution in [0.5, 0.6) is 0 Å². The van der Waals surface area contributed by atoms with E-state index in [0.29, 0.717) is 46.8 Å². The van der Waals surface area contributed by atoms with Crippen LogP contribution in [0.15, 0.2) is 42.5 Å². The smallest absolute Gasteiger partial charge is 0.320 e. The van der Waals surface area contributed by atoms with E-state index in [0.717, 1.165) is 5.56 Å². The van der Waals surface area contributed by atoms with Crippen molar-refractivity contribution in [2.75, 3.05) is 52.6 Å². The first-order chi connectivity index (χ1) is 17.0. The molecule has 0 unspecified atom stereocenters. The van der Waals surface area contributed by atoms with Crippen molar-refractivity contribution in [3.05, 3.63) is 68.7 Å². The number of amides is 3. The van der Waals surface area contributed by atoms with E-state index in [-0.39, 0.29) is 37.0 Å². The van der Waals surface area contributed by atoms with Crippen LogP contribution in [0, 0.1) is 0 Å². The number of carbonyl (C=O) groups excluding carboxylic acids is 2. The van der Waals surface area contributed by atoms with Gasteiger partial charge in [0.15, 0.2) is 0 Å². The molecule has 2 heterocycles. The van der Waals surface area contributed by atoms with Gasteiger partial charge >= 0.3 is 6.03 Å². The quantitative estimate of drug-likeness (QED) is 0.556. The van der Waals surface area contributed by atoms with Crippen molar-refractivity contribution in [1.82, 2.24) is 19.0 Å². The zero-order valence-electron chi connectivity index (χ0n) is 19.9. The van der Waals surface area contributed by atoms with Crippen LogP contribution in [-0.4, -0.2) is 98.0 Å². The van der Waals surface area contributed by atoms with E-state index in [1.807, 2.05) is 6.07 Å². The Morgan fingerprint density at radius 1 is 0.889 bits per heavy atom. The molecule has 2 fully saturated rings. The van der Waals surface area contributed by atoms with Gasteiger partial charge in [-0.1, -0.05) is 40.9 Å². The van der Waals surface area contributed by atoms with Crippen LogP contribution in [-0.2, 0) is 10.0 Å². The standard InChI is InChI=1S/C24H27Cl3N4O4S/c1-28(23(32)16-3-6-18(25)7-4-16)22-15-30(14-19(22)17-5-8-20(26)21(27)13-17)24(33)29-9-11-31(12-10-29)36(2,34)35/h3-8,13,19,22H,9-12,14-15H2,1-2H3/t19-,22+/m0/s1. The van der Waals surface area contributed by atoms with Gasteiger partial charge in [0.1, 0.15) is 0 Å². The molecule has 8 nitrogen and oxygen atoms in total. The van der Waals surface area contributed by atoms with Gasteiger partial charge in [0.2, 0.25) is 10.0 Å². The summed E-state index contributed by atoms with van der Waals surface area (Å²) in [4.78, 5) is 31.8. The highest BCUT2D eigenvalue weighted by Gasteiger charge is 2.42. The van der Waals surface area contributed by atoms with E-state index in [4.69, 9.17) is 34.8 Å². The molecule has 0 aliphatic carbocycles. The summed E-state index contributed by atoms with van der Waals surface area (Å²) < 4.78 is 25.0. The van der Waals surface area contributed by atoms with Gasteiger partial charge in [0, 0.05) is 62.8 Å². The van der Waals surface area contributed by atoms with Gasteiger partial charge in [-0.3, -0.25) is 4.79 Å². The number of hydrogen-bond acceptors (Lipinski definition) is 4. The fourth-order valence-corrected chi connectivity index (χ4v) is 6.02. The van der Waals surface area contributed by atoms with Crippen LogP contribution in [0.25, 0.3) is 0 Å². The molecule has 2 aliphatic rings. The normalized spacial score (nSPS) is 21.0. The van der Waals surface area contributed by atoms with E-state index < -0.39 is 10.0 Å². The monoisotopic (exact) mass is 572 g/mol. The number of hydrogen-bond donors (Lipinski definition) is 0. The minimum atomic E-state index is -3.30. The molecule has 2 aliphatic heterocycles. The maximum atomic E-state index is 13.4. The predicted octanol–water partition coefficient (Wildman–Crippen LogP) is 3.88. The van der Waals surface area contributed by atoms with E-state index in [9.17, 15) is 18.0 Å². The number of rotatable bonds is 4. The Labute approximate surface area is 226 Å². The fourth-order valence-electron chi connectivity index (χ4n) is 4.76. The SMILES string of the molecule is CN(C(=O)c1ccc(Cl)cc1)[C@@H]1CN(C(=O)N2CCN(S(C)(=O)=O)CC2)C[C@H]1c1ccc(Cl)c(Cl)c1. The first kappa shape index (κ1) is 27.0. The van der Waals surface area contributed by atoms with Crippen molar-refractivity contribution < 1.29 is 18.0 Å². The molecule has 3 amide bonds. The summed E-state index contributed by atoms with van der Waals surface area (Å²) in [5.41, 5.74) is 1.37. The molecule has 12 heteroatoms. The van der Waals surface area contributed by atoms with Crippen LogP contribution in [0.1, 0.15) is 21.8 Å². The highest BCUT2D eigenvalue weighted by Crippen LogP contribution is 2.35. The lowest BCUT2D eigenvalue weighted by molar-refractivity contribution is 0.0723. The molecule has 2 aromatic rings. The number of urea groups is 1. The van der Waals surface area contributed by atoms with Gasteiger partial charge < -0.3 is 14.7 Å². The molecule has 0 saturated carbocycles. The molecular weight excluding hydrogens is 547 g/mol. The molecule has 0 aromatic heterocycles. The van der Waals surface area contributed by atoms with Gasteiger partial charge in [-0.15, -0.1) is 0 Å². The topological polar surface area (TPSA) is 81.2 Å². The number of halogens is 3. The first-order valence-electron chi connectivity index (χ1n) is 11.4. The van der Waals surface area contributed by atoms with Gasteiger partial charge in [-0.05, 0) is 42.0 Å². The molecule has 0 radical (unpaired) electrons.